The first kappa shape index (κ1) is 22.8. The van der Waals surface area contributed by atoms with Crippen molar-refractivity contribution in [1.82, 2.24) is 30.0 Å². The minimum atomic E-state index is -0.438. The first-order valence-electron chi connectivity index (χ1n) is 12.6. The van der Waals surface area contributed by atoms with Crippen molar-refractivity contribution in [3.63, 3.8) is 0 Å². The van der Waals surface area contributed by atoms with Crippen LogP contribution in [0, 0.1) is 12.7 Å². The molecule has 1 saturated heterocycles. The second kappa shape index (κ2) is 9.09. The molecule has 188 valence electrons. The molecule has 1 aromatic carbocycles. The Bertz CT molecular complexity index is 1380. The molecule has 0 radical (unpaired) electrons. The number of benzene rings is 1. The highest BCUT2D eigenvalue weighted by atomic mass is 19.1. The third-order valence-corrected chi connectivity index (χ3v) is 6.97. The van der Waals surface area contributed by atoms with Crippen LogP contribution in [-0.4, -0.2) is 62.3 Å². The van der Waals surface area contributed by atoms with Gasteiger partial charge in [-0.3, -0.25) is 10.00 Å². The molecule has 1 aliphatic heterocycles. The summed E-state index contributed by atoms with van der Waals surface area (Å²) >= 11 is 0. The average Bonchev–Trinajstić information content (AvgIpc) is 3.49. The standard InChI is InChI=1S/C26H31FN8O/c1-15(2)34-8-10-35(11-9-34)24-14-22(29-23-13-20(32-33-23)17-4-5-17)30-26(31-24)36-21-7-6-19-18(25(21)27)12-16(3)28-19/h6-7,12-15,17,28H,4-5,8-11H2,1-3H3,(H2,29,30,31,32,33). The van der Waals surface area contributed by atoms with Gasteiger partial charge in [-0.05, 0) is 51.8 Å². The number of aryl methyl sites for hydroxylation is 1. The molecule has 0 amide bonds. The number of aromatic nitrogens is 5. The predicted molar refractivity (Wildman–Crippen MR) is 138 cm³/mol. The van der Waals surface area contributed by atoms with Gasteiger partial charge in [0.1, 0.15) is 11.6 Å². The van der Waals surface area contributed by atoms with E-state index in [9.17, 15) is 0 Å². The zero-order valence-corrected chi connectivity index (χ0v) is 20.8. The average molecular weight is 491 g/mol. The summed E-state index contributed by atoms with van der Waals surface area (Å²) in [5, 5.41) is 11.3. The van der Waals surface area contributed by atoms with Crippen molar-refractivity contribution in [3.05, 3.63) is 47.5 Å². The van der Waals surface area contributed by atoms with E-state index in [4.69, 9.17) is 4.74 Å². The number of piperazine rings is 1. The van der Waals surface area contributed by atoms with Gasteiger partial charge in [0.05, 0.1) is 0 Å². The number of fused-ring (bicyclic) bond motifs is 1. The van der Waals surface area contributed by atoms with Crippen molar-refractivity contribution < 1.29 is 9.13 Å². The largest absolute Gasteiger partial charge is 0.421 e. The van der Waals surface area contributed by atoms with E-state index in [1.165, 1.54) is 12.8 Å². The summed E-state index contributed by atoms with van der Waals surface area (Å²) in [7, 11) is 0. The van der Waals surface area contributed by atoms with E-state index in [-0.39, 0.29) is 11.8 Å². The number of rotatable bonds is 7. The van der Waals surface area contributed by atoms with Crippen molar-refractivity contribution in [2.45, 2.75) is 45.6 Å². The quantitative estimate of drug-likeness (QED) is 0.333. The lowest BCUT2D eigenvalue weighted by atomic mass is 10.2. The highest BCUT2D eigenvalue weighted by molar-refractivity contribution is 5.82. The molecule has 9 nitrogen and oxygen atoms in total. The maximum Gasteiger partial charge on any atom is 0.326 e. The topological polar surface area (TPSA) is 98.0 Å². The minimum absolute atomic E-state index is 0.0877. The van der Waals surface area contributed by atoms with Crippen molar-refractivity contribution in [2.24, 2.45) is 0 Å². The SMILES string of the molecule is Cc1cc2c(F)c(Oc3nc(Nc4cc(C5CC5)[nH]n4)cc(N4CCN(C(C)C)CC4)n3)ccc2[nH]1. The summed E-state index contributed by atoms with van der Waals surface area (Å²) < 4.78 is 21.2. The first-order valence-corrected chi connectivity index (χ1v) is 12.6. The Morgan fingerprint density at radius 1 is 1.06 bits per heavy atom. The maximum absolute atomic E-state index is 15.2. The molecule has 0 atom stereocenters. The fourth-order valence-electron chi connectivity index (χ4n) is 4.75. The van der Waals surface area contributed by atoms with Crippen LogP contribution in [0.4, 0.5) is 21.8 Å². The molecule has 3 N–H and O–H groups in total. The van der Waals surface area contributed by atoms with Gasteiger partial charge in [0.2, 0.25) is 0 Å². The van der Waals surface area contributed by atoms with Gasteiger partial charge in [-0.25, -0.2) is 4.39 Å². The van der Waals surface area contributed by atoms with Crippen molar-refractivity contribution in [1.29, 1.82) is 0 Å². The second-order valence-electron chi connectivity index (χ2n) is 10.0. The summed E-state index contributed by atoms with van der Waals surface area (Å²) in [6.45, 7) is 9.90. The third-order valence-electron chi connectivity index (χ3n) is 6.97. The number of ether oxygens (including phenoxy) is 1. The number of nitrogens with one attached hydrogen (secondary N) is 3. The molecule has 6 rings (SSSR count). The lowest BCUT2D eigenvalue weighted by Crippen LogP contribution is -2.49. The number of hydrogen-bond donors (Lipinski definition) is 3. The lowest BCUT2D eigenvalue weighted by molar-refractivity contribution is 0.209. The van der Waals surface area contributed by atoms with E-state index in [0.717, 1.165) is 48.9 Å². The van der Waals surface area contributed by atoms with E-state index >= 15 is 4.39 Å². The van der Waals surface area contributed by atoms with Crippen LogP contribution in [0.5, 0.6) is 11.8 Å². The molecule has 0 unspecified atom stereocenters. The molecular weight excluding hydrogens is 459 g/mol. The Morgan fingerprint density at radius 3 is 2.61 bits per heavy atom. The van der Waals surface area contributed by atoms with E-state index < -0.39 is 5.82 Å². The highest BCUT2D eigenvalue weighted by Crippen LogP contribution is 2.40. The van der Waals surface area contributed by atoms with Crippen LogP contribution < -0.4 is 15.0 Å². The molecule has 2 fully saturated rings. The molecule has 0 spiro atoms. The normalized spacial score (nSPS) is 16.8. The number of anilines is 3. The van der Waals surface area contributed by atoms with Gasteiger partial charge in [-0.15, -0.1) is 0 Å². The van der Waals surface area contributed by atoms with Crippen LogP contribution in [0.3, 0.4) is 0 Å². The molecule has 4 heterocycles. The third kappa shape index (κ3) is 4.60. The molecule has 36 heavy (non-hydrogen) atoms. The Balaban J connectivity index is 1.30. The first-order chi connectivity index (χ1) is 17.4. The van der Waals surface area contributed by atoms with Crippen LogP contribution in [0.15, 0.2) is 30.3 Å². The minimum Gasteiger partial charge on any atom is -0.421 e. The van der Waals surface area contributed by atoms with E-state index in [1.807, 2.05) is 19.1 Å². The van der Waals surface area contributed by atoms with Gasteiger partial charge in [-0.2, -0.15) is 15.1 Å². The Kier molecular flexibility index (Phi) is 5.75. The summed E-state index contributed by atoms with van der Waals surface area (Å²) in [6.07, 6.45) is 2.38. The number of hydrogen-bond acceptors (Lipinski definition) is 7. The van der Waals surface area contributed by atoms with Crippen LogP contribution in [0.1, 0.15) is 44.0 Å². The smallest absolute Gasteiger partial charge is 0.326 e. The zero-order valence-electron chi connectivity index (χ0n) is 20.8. The molecule has 10 heteroatoms. The summed E-state index contributed by atoms with van der Waals surface area (Å²) in [4.78, 5) is 17.0. The van der Waals surface area contributed by atoms with E-state index in [0.29, 0.717) is 29.0 Å². The van der Waals surface area contributed by atoms with Crippen molar-refractivity contribution in [2.75, 3.05) is 36.4 Å². The fourth-order valence-corrected chi connectivity index (χ4v) is 4.75. The monoisotopic (exact) mass is 490 g/mol. The lowest BCUT2D eigenvalue weighted by Gasteiger charge is -2.37. The predicted octanol–water partition coefficient (Wildman–Crippen LogP) is 5.07. The Hall–Kier alpha value is -3.66. The molecule has 0 bridgehead atoms. The molecular formula is C26H31FN8O. The van der Waals surface area contributed by atoms with Crippen molar-refractivity contribution >= 4 is 28.4 Å². The molecule has 1 saturated carbocycles. The van der Waals surface area contributed by atoms with Crippen LogP contribution in [0.25, 0.3) is 10.9 Å². The summed E-state index contributed by atoms with van der Waals surface area (Å²) in [6, 6.07) is 9.69. The number of H-pyrrole nitrogens is 2. The second-order valence-corrected chi connectivity index (χ2v) is 10.0. The van der Waals surface area contributed by atoms with Gasteiger partial charge in [-0.1, -0.05) is 0 Å². The van der Waals surface area contributed by atoms with E-state index in [1.54, 1.807) is 18.2 Å². The van der Waals surface area contributed by atoms with Crippen molar-refractivity contribution in [3.8, 4) is 11.8 Å². The fraction of sp³-hybridized carbons (Fsp3) is 0.423. The van der Waals surface area contributed by atoms with Crippen LogP contribution in [-0.2, 0) is 0 Å². The Labute approximate surface area is 209 Å². The molecule has 1 aliphatic carbocycles. The van der Waals surface area contributed by atoms with Gasteiger partial charge in [0.25, 0.3) is 0 Å². The highest BCUT2D eigenvalue weighted by Gasteiger charge is 2.26. The number of aromatic amines is 2. The summed E-state index contributed by atoms with van der Waals surface area (Å²) in [5.74, 6) is 2.20. The van der Waals surface area contributed by atoms with Crippen LogP contribution >= 0.6 is 0 Å². The molecule has 4 aromatic rings. The van der Waals surface area contributed by atoms with Crippen LogP contribution in [0.2, 0.25) is 0 Å². The number of halogens is 1. The van der Waals surface area contributed by atoms with E-state index in [2.05, 4.69) is 54.1 Å². The molecule has 3 aromatic heterocycles. The van der Waals surface area contributed by atoms with Gasteiger partial charge in [0.15, 0.2) is 17.4 Å². The zero-order chi connectivity index (χ0) is 24.8. The summed E-state index contributed by atoms with van der Waals surface area (Å²) in [5.41, 5.74) is 2.74. The van der Waals surface area contributed by atoms with Gasteiger partial charge < -0.3 is 19.9 Å². The Morgan fingerprint density at radius 2 is 1.86 bits per heavy atom. The molecule has 2 aliphatic rings. The van der Waals surface area contributed by atoms with Gasteiger partial charge >= 0.3 is 6.01 Å². The van der Waals surface area contributed by atoms with Gasteiger partial charge in [0, 0.05) is 72.6 Å². The maximum atomic E-state index is 15.2. The number of nitrogens with zero attached hydrogens (tertiary/aromatic N) is 5.